The third-order valence-electron chi connectivity index (χ3n) is 3.56. The maximum Gasteiger partial charge on any atom is 0.354 e. The topological polar surface area (TPSA) is 79.3 Å². The molecule has 2 aromatic heterocycles. The van der Waals surface area contributed by atoms with Crippen molar-refractivity contribution in [2.24, 2.45) is 0 Å². The van der Waals surface area contributed by atoms with Crippen molar-refractivity contribution in [2.75, 3.05) is 0 Å². The summed E-state index contributed by atoms with van der Waals surface area (Å²) >= 11 is 1.71. The van der Waals surface area contributed by atoms with Gasteiger partial charge in [0.25, 0.3) is 5.91 Å². The highest BCUT2D eigenvalue weighted by Crippen LogP contribution is 2.33. The molecule has 0 spiro atoms. The van der Waals surface area contributed by atoms with E-state index in [0.717, 1.165) is 19.3 Å². The van der Waals surface area contributed by atoms with Gasteiger partial charge >= 0.3 is 5.97 Å². The lowest BCUT2D eigenvalue weighted by atomic mass is 9.94. The number of hydrogen-bond donors (Lipinski definition) is 2. The molecule has 1 aliphatic rings. The van der Waals surface area contributed by atoms with E-state index in [4.69, 9.17) is 5.11 Å². The minimum Gasteiger partial charge on any atom is -0.477 e. The van der Waals surface area contributed by atoms with E-state index in [1.807, 2.05) is 11.4 Å². The number of thiophene rings is 1. The molecule has 2 N–H and O–H groups in total. The van der Waals surface area contributed by atoms with Gasteiger partial charge in [-0.1, -0.05) is 6.07 Å². The van der Waals surface area contributed by atoms with Crippen molar-refractivity contribution in [3.8, 4) is 0 Å². The number of carboxylic acids is 1. The fourth-order valence-corrected chi connectivity index (χ4v) is 3.54. The third kappa shape index (κ3) is 2.80. The number of amides is 1. The molecule has 1 amide bonds. The Morgan fingerprint density at radius 1 is 1.29 bits per heavy atom. The molecular weight excluding hydrogens is 288 g/mol. The quantitative estimate of drug-likeness (QED) is 0.913. The van der Waals surface area contributed by atoms with Gasteiger partial charge in [0.2, 0.25) is 0 Å². The molecule has 0 saturated carbocycles. The number of aromatic carboxylic acids is 1. The number of aryl methyl sites for hydroxylation is 1. The Morgan fingerprint density at radius 2 is 2.10 bits per heavy atom. The van der Waals surface area contributed by atoms with Gasteiger partial charge in [0.15, 0.2) is 0 Å². The number of rotatable bonds is 3. The summed E-state index contributed by atoms with van der Waals surface area (Å²) in [4.78, 5) is 28.3. The molecule has 2 aromatic rings. The highest BCUT2D eigenvalue weighted by Gasteiger charge is 2.23. The van der Waals surface area contributed by atoms with Gasteiger partial charge < -0.3 is 10.4 Å². The van der Waals surface area contributed by atoms with Gasteiger partial charge in [-0.15, -0.1) is 11.3 Å². The monoisotopic (exact) mass is 302 g/mol. The minimum absolute atomic E-state index is 0.0113. The van der Waals surface area contributed by atoms with Gasteiger partial charge in [-0.2, -0.15) is 0 Å². The molecule has 0 aromatic carbocycles. The molecule has 6 heteroatoms. The Morgan fingerprint density at radius 3 is 2.90 bits per heavy atom. The van der Waals surface area contributed by atoms with E-state index in [2.05, 4.69) is 10.3 Å². The van der Waals surface area contributed by atoms with E-state index in [0.29, 0.717) is 0 Å². The van der Waals surface area contributed by atoms with Crippen molar-refractivity contribution in [2.45, 2.75) is 25.3 Å². The molecule has 1 unspecified atom stereocenters. The SMILES string of the molecule is O=C(O)c1cccc(C(=O)NC2CCCc3sccc32)n1. The largest absolute Gasteiger partial charge is 0.477 e. The van der Waals surface area contributed by atoms with Crippen LogP contribution in [0.15, 0.2) is 29.6 Å². The summed E-state index contributed by atoms with van der Waals surface area (Å²) < 4.78 is 0. The Hall–Kier alpha value is -2.21. The molecule has 1 aliphatic carbocycles. The van der Waals surface area contributed by atoms with Crippen molar-refractivity contribution >= 4 is 23.2 Å². The lowest BCUT2D eigenvalue weighted by Gasteiger charge is -2.23. The number of nitrogens with zero attached hydrogens (tertiary/aromatic N) is 1. The van der Waals surface area contributed by atoms with Crippen LogP contribution in [0, 0.1) is 0 Å². The Labute approximate surface area is 125 Å². The maximum absolute atomic E-state index is 12.3. The van der Waals surface area contributed by atoms with Crippen LogP contribution in [0.25, 0.3) is 0 Å². The fraction of sp³-hybridized carbons (Fsp3) is 0.267. The number of carbonyl (C=O) groups is 2. The predicted molar refractivity (Wildman–Crippen MR) is 78.7 cm³/mol. The molecule has 108 valence electrons. The first kappa shape index (κ1) is 13.8. The molecule has 21 heavy (non-hydrogen) atoms. The molecule has 0 aliphatic heterocycles. The first-order valence-electron chi connectivity index (χ1n) is 6.72. The van der Waals surface area contributed by atoms with Gasteiger partial charge in [-0.25, -0.2) is 9.78 Å². The summed E-state index contributed by atoms with van der Waals surface area (Å²) in [5, 5.41) is 13.9. The van der Waals surface area contributed by atoms with Crippen molar-refractivity contribution in [1.29, 1.82) is 0 Å². The normalized spacial score (nSPS) is 17.0. The van der Waals surface area contributed by atoms with Crippen LogP contribution in [0.1, 0.15) is 50.3 Å². The van der Waals surface area contributed by atoms with Crippen LogP contribution in [0.2, 0.25) is 0 Å². The standard InChI is InChI=1S/C15H14N2O3S/c18-14(11-4-1-5-12(16-11)15(19)20)17-10-3-2-6-13-9(10)7-8-21-13/h1,4-5,7-8,10H,2-3,6H2,(H,17,18)(H,19,20). The number of fused-ring (bicyclic) bond motifs is 1. The molecule has 0 saturated heterocycles. The van der Waals surface area contributed by atoms with Crippen LogP contribution in [0.3, 0.4) is 0 Å². The Kier molecular flexibility index (Phi) is 3.70. The van der Waals surface area contributed by atoms with Gasteiger partial charge in [-0.05, 0) is 48.4 Å². The number of pyridine rings is 1. The summed E-state index contributed by atoms with van der Waals surface area (Å²) in [7, 11) is 0. The van der Waals surface area contributed by atoms with Crippen LogP contribution >= 0.6 is 11.3 Å². The number of carboxylic acid groups (broad SMARTS) is 1. The second kappa shape index (κ2) is 5.65. The van der Waals surface area contributed by atoms with Crippen molar-refractivity contribution < 1.29 is 14.7 Å². The van der Waals surface area contributed by atoms with E-state index in [-0.39, 0.29) is 23.3 Å². The average Bonchev–Trinajstić information content (AvgIpc) is 2.97. The first-order chi connectivity index (χ1) is 10.1. The number of nitrogens with one attached hydrogen (secondary N) is 1. The number of hydrogen-bond acceptors (Lipinski definition) is 4. The van der Waals surface area contributed by atoms with Crippen LogP contribution < -0.4 is 5.32 Å². The van der Waals surface area contributed by atoms with E-state index in [1.165, 1.54) is 28.6 Å². The molecular formula is C15H14N2O3S. The first-order valence-corrected chi connectivity index (χ1v) is 7.60. The van der Waals surface area contributed by atoms with Crippen LogP contribution in [0.5, 0.6) is 0 Å². The molecule has 2 heterocycles. The summed E-state index contributed by atoms with van der Waals surface area (Å²) in [6, 6.07) is 6.46. The predicted octanol–water partition coefficient (Wildman–Crippen LogP) is 2.65. The van der Waals surface area contributed by atoms with Crippen molar-refractivity contribution in [1.82, 2.24) is 10.3 Å². The van der Waals surface area contributed by atoms with Gasteiger partial charge in [0, 0.05) is 4.88 Å². The zero-order valence-electron chi connectivity index (χ0n) is 11.2. The molecule has 0 radical (unpaired) electrons. The van der Waals surface area contributed by atoms with Crippen LogP contribution in [0.4, 0.5) is 0 Å². The van der Waals surface area contributed by atoms with Gasteiger partial charge in [0.1, 0.15) is 11.4 Å². The van der Waals surface area contributed by atoms with E-state index < -0.39 is 5.97 Å². The smallest absolute Gasteiger partial charge is 0.354 e. The van der Waals surface area contributed by atoms with Crippen molar-refractivity contribution in [3.63, 3.8) is 0 Å². The van der Waals surface area contributed by atoms with E-state index in [1.54, 1.807) is 11.3 Å². The van der Waals surface area contributed by atoms with Crippen molar-refractivity contribution in [3.05, 3.63) is 51.5 Å². The Bertz CT molecular complexity index is 696. The summed E-state index contributed by atoms with van der Waals surface area (Å²) in [6.07, 6.45) is 3.00. The van der Waals surface area contributed by atoms with Crippen LogP contribution in [-0.2, 0) is 6.42 Å². The zero-order chi connectivity index (χ0) is 14.8. The number of aromatic nitrogens is 1. The van der Waals surface area contributed by atoms with E-state index >= 15 is 0 Å². The highest BCUT2D eigenvalue weighted by atomic mass is 32.1. The molecule has 3 rings (SSSR count). The zero-order valence-corrected chi connectivity index (χ0v) is 12.0. The summed E-state index contributed by atoms with van der Waals surface area (Å²) in [5.41, 5.74) is 1.19. The summed E-state index contributed by atoms with van der Waals surface area (Å²) in [5.74, 6) is -1.47. The average molecular weight is 302 g/mol. The van der Waals surface area contributed by atoms with E-state index in [9.17, 15) is 9.59 Å². The second-order valence-electron chi connectivity index (χ2n) is 4.93. The molecule has 5 nitrogen and oxygen atoms in total. The molecule has 0 fully saturated rings. The van der Waals surface area contributed by atoms with Gasteiger partial charge in [-0.3, -0.25) is 4.79 Å². The molecule has 0 bridgehead atoms. The summed E-state index contributed by atoms with van der Waals surface area (Å²) in [6.45, 7) is 0. The second-order valence-corrected chi connectivity index (χ2v) is 5.93. The van der Waals surface area contributed by atoms with Gasteiger partial charge in [0.05, 0.1) is 6.04 Å². The lowest BCUT2D eigenvalue weighted by Crippen LogP contribution is -2.31. The molecule has 1 atom stereocenters. The Balaban J connectivity index is 1.79. The fourth-order valence-electron chi connectivity index (χ4n) is 2.55. The van der Waals surface area contributed by atoms with Crippen LogP contribution in [-0.4, -0.2) is 22.0 Å². The number of carbonyl (C=O) groups excluding carboxylic acids is 1. The highest BCUT2D eigenvalue weighted by molar-refractivity contribution is 7.10. The maximum atomic E-state index is 12.3. The minimum atomic E-state index is -1.14. The third-order valence-corrected chi connectivity index (χ3v) is 4.55. The lowest BCUT2D eigenvalue weighted by molar-refractivity contribution is 0.0690.